The lowest BCUT2D eigenvalue weighted by molar-refractivity contribution is 0.102. The van der Waals surface area contributed by atoms with Gasteiger partial charge in [0.2, 0.25) is 0 Å². The Morgan fingerprint density at radius 1 is 1.05 bits per heavy atom. The first-order valence-corrected chi connectivity index (χ1v) is 7.91. The summed E-state index contributed by atoms with van der Waals surface area (Å²) in [5, 5.41) is 3.08. The summed E-state index contributed by atoms with van der Waals surface area (Å²) in [7, 11) is 0. The molecule has 0 aromatic heterocycles. The quantitative estimate of drug-likeness (QED) is 0.929. The smallest absolute Gasteiger partial charge is 0.255 e. The molecule has 114 valence electrons. The minimum Gasteiger partial charge on any atom is -0.322 e. The zero-order valence-electron chi connectivity index (χ0n) is 13.0. The standard InChI is InChI=1S/C19H22N2O/c1-15-8-2-4-10-17(15)19(22)20-18-11-5-3-9-16(18)14-21-12-6-7-13-21/h2-5,8-11H,6-7,12-14H2,1H3,(H,20,22). The van der Waals surface area contributed by atoms with Gasteiger partial charge in [0.1, 0.15) is 0 Å². The van der Waals surface area contributed by atoms with E-state index in [1.165, 1.54) is 18.4 Å². The number of rotatable bonds is 4. The van der Waals surface area contributed by atoms with Gasteiger partial charge in [-0.3, -0.25) is 9.69 Å². The number of nitrogens with zero attached hydrogens (tertiary/aromatic N) is 1. The third-order valence-corrected chi connectivity index (χ3v) is 4.25. The maximum Gasteiger partial charge on any atom is 0.255 e. The van der Waals surface area contributed by atoms with E-state index in [1.807, 2.05) is 49.4 Å². The van der Waals surface area contributed by atoms with Crippen molar-refractivity contribution < 1.29 is 4.79 Å². The molecule has 3 heteroatoms. The predicted molar refractivity (Wildman–Crippen MR) is 90.1 cm³/mol. The first-order valence-electron chi connectivity index (χ1n) is 7.91. The van der Waals surface area contributed by atoms with Crippen LogP contribution < -0.4 is 5.32 Å². The number of benzene rings is 2. The maximum atomic E-state index is 12.5. The molecule has 1 fully saturated rings. The molecule has 0 bridgehead atoms. The van der Waals surface area contributed by atoms with Crippen LogP contribution in [-0.4, -0.2) is 23.9 Å². The second kappa shape index (κ2) is 6.75. The van der Waals surface area contributed by atoms with E-state index < -0.39 is 0 Å². The molecule has 0 unspecified atom stereocenters. The molecule has 2 aromatic rings. The van der Waals surface area contributed by atoms with E-state index in [-0.39, 0.29) is 5.91 Å². The summed E-state index contributed by atoms with van der Waals surface area (Å²) in [4.78, 5) is 14.9. The van der Waals surface area contributed by atoms with Gasteiger partial charge in [0, 0.05) is 17.8 Å². The van der Waals surface area contributed by atoms with Crippen molar-refractivity contribution in [2.24, 2.45) is 0 Å². The highest BCUT2D eigenvalue weighted by Crippen LogP contribution is 2.21. The van der Waals surface area contributed by atoms with Crippen molar-refractivity contribution in [1.82, 2.24) is 4.90 Å². The molecule has 1 aliphatic rings. The molecule has 1 saturated heterocycles. The van der Waals surface area contributed by atoms with E-state index in [4.69, 9.17) is 0 Å². The van der Waals surface area contributed by atoms with Crippen LogP contribution in [0.1, 0.15) is 34.3 Å². The fourth-order valence-electron chi connectivity index (χ4n) is 2.98. The SMILES string of the molecule is Cc1ccccc1C(=O)Nc1ccccc1CN1CCCC1. The van der Waals surface area contributed by atoms with E-state index in [2.05, 4.69) is 16.3 Å². The van der Waals surface area contributed by atoms with Crippen LogP contribution in [-0.2, 0) is 6.54 Å². The van der Waals surface area contributed by atoms with E-state index in [1.54, 1.807) is 0 Å². The molecule has 1 amide bonds. The minimum atomic E-state index is -0.0352. The highest BCUT2D eigenvalue weighted by Gasteiger charge is 2.15. The van der Waals surface area contributed by atoms with Crippen LogP contribution in [0.4, 0.5) is 5.69 Å². The Kier molecular flexibility index (Phi) is 4.54. The van der Waals surface area contributed by atoms with Crippen LogP contribution in [0.2, 0.25) is 0 Å². The van der Waals surface area contributed by atoms with Gasteiger partial charge in [-0.15, -0.1) is 0 Å². The zero-order chi connectivity index (χ0) is 15.4. The molecule has 1 N–H and O–H groups in total. The summed E-state index contributed by atoms with van der Waals surface area (Å²) in [6.07, 6.45) is 2.55. The van der Waals surface area contributed by atoms with E-state index in [9.17, 15) is 4.79 Å². The lowest BCUT2D eigenvalue weighted by Crippen LogP contribution is -2.20. The fraction of sp³-hybridized carbons (Fsp3) is 0.316. The largest absolute Gasteiger partial charge is 0.322 e. The zero-order valence-corrected chi connectivity index (χ0v) is 13.0. The Bertz CT molecular complexity index is 660. The normalized spacial score (nSPS) is 15.0. The van der Waals surface area contributed by atoms with Crippen LogP contribution in [0.3, 0.4) is 0 Å². The summed E-state index contributed by atoms with van der Waals surface area (Å²) in [5.74, 6) is -0.0352. The number of carbonyl (C=O) groups is 1. The minimum absolute atomic E-state index is 0.0352. The topological polar surface area (TPSA) is 32.3 Å². The van der Waals surface area contributed by atoms with Crippen LogP contribution in [0, 0.1) is 6.92 Å². The lowest BCUT2D eigenvalue weighted by atomic mass is 10.1. The second-order valence-electron chi connectivity index (χ2n) is 5.91. The fourth-order valence-corrected chi connectivity index (χ4v) is 2.98. The number of carbonyl (C=O) groups excluding carboxylic acids is 1. The third-order valence-electron chi connectivity index (χ3n) is 4.25. The van der Waals surface area contributed by atoms with Crippen molar-refractivity contribution >= 4 is 11.6 Å². The Hall–Kier alpha value is -2.13. The number of hydrogen-bond acceptors (Lipinski definition) is 2. The molecule has 3 rings (SSSR count). The molecule has 0 spiro atoms. The third kappa shape index (κ3) is 3.37. The number of likely N-dealkylation sites (tertiary alicyclic amines) is 1. The number of anilines is 1. The highest BCUT2D eigenvalue weighted by atomic mass is 16.1. The van der Waals surface area contributed by atoms with E-state index in [0.717, 1.165) is 36.4 Å². The van der Waals surface area contributed by atoms with Gasteiger partial charge in [0.25, 0.3) is 5.91 Å². The predicted octanol–water partition coefficient (Wildman–Crippen LogP) is 3.84. The van der Waals surface area contributed by atoms with Crippen LogP contribution in [0.25, 0.3) is 0 Å². The molecule has 0 saturated carbocycles. The molecule has 0 atom stereocenters. The van der Waals surface area contributed by atoms with Crippen LogP contribution >= 0.6 is 0 Å². The van der Waals surface area contributed by atoms with Crippen molar-refractivity contribution in [2.75, 3.05) is 18.4 Å². The summed E-state index contributed by atoms with van der Waals surface area (Å²) in [6.45, 7) is 5.18. The monoisotopic (exact) mass is 294 g/mol. The number of aryl methyl sites for hydroxylation is 1. The maximum absolute atomic E-state index is 12.5. The average Bonchev–Trinajstić information content (AvgIpc) is 3.02. The molecule has 3 nitrogen and oxygen atoms in total. The average molecular weight is 294 g/mol. The van der Waals surface area contributed by atoms with Crippen molar-refractivity contribution in [3.05, 3.63) is 65.2 Å². The Labute approximate surface area is 132 Å². The first-order chi connectivity index (χ1) is 10.7. The summed E-state index contributed by atoms with van der Waals surface area (Å²) in [5.41, 5.74) is 3.84. The Morgan fingerprint density at radius 2 is 1.73 bits per heavy atom. The number of amides is 1. The number of para-hydroxylation sites is 1. The molecule has 0 aliphatic carbocycles. The highest BCUT2D eigenvalue weighted by molar-refractivity contribution is 6.05. The molecule has 1 heterocycles. The van der Waals surface area contributed by atoms with Crippen LogP contribution in [0.15, 0.2) is 48.5 Å². The molecule has 22 heavy (non-hydrogen) atoms. The van der Waals surface area contributed by atoms with Crippen molar-refractivity contribution in [3.8, 4) is 0 Å². The summed E-state index contributed by atoms with van der Waals surface area (Å²) in [6, 6.07) is 15.8. The Morgan fingerprint density at radius 3 is 2.50 bits per heavy atom. The lowest BCUT2D eigenvalue weighted by Gasteiger charge is -2.18. The Balaban J connectivity index is 1.77. The molecule has 2 aromatic carbocycles. The van der Waals surface area contributed by atoms with Gasteiger partial charge in [0.15, 0.2) is 0 Å². The number of nitrogens with one attached hydrogen (secondary N) is 1. The van der Waals surface area contributed by atoms with Gasteiger partial charge in [0.05, 0.1) is 0 Å². The van der Waals surface area contributed by atoms with Gasteiger partial charge in [-0.05, 0) is 56.1 Å². The van der Waals surface area contributed by atoms with Gasteiger partial charge in [-0.1, -0.05) is 36.4 Å². The molecule has 0 radical (unpaired) electrons. The van der Waals surface area contributed by atoms with Crippen LogP contribution in [0.5, 0.6) is 0 Å². The van der Waals surface area contributed by atoms with Crippen molar-refractivity contribution in [2.45, 2.75) is 26.3 Å². The number of hydrogen-bond donors (Lipinski definition) is 1. The summed E-state index contributed by atoms with van der Waals surface area (Å²) < 4.78 is 0. The van der Waals surface area contributed by atoms with Gasteiger partial charge >= 0.3 is 0 Å². The second-order valence-corrected chi connectivity index (χ2v) is 5.91. The van der Waals surface area contributed by atoms with Gasteiger partial charge < -0.3 is 5.32 Å². The van der Waals surface area contributed by atoms with Gasteiger partial charge in [-0.25, -0.2) is 0 Å². The van der Waals surface area contributed by atoms with Gasteiger partial charge in [-0.2, -0.15) is 0 Å². The first kappa shape index (κ1) is 14.8. The van der Waals surface area contributed by atoms with E-state index >= 15 is 0 Å². The summed E-state index contributed by atoms with van der Waals surface area (Å²) >= 11 is 0. The molecular formula is C19H22N2O. The van der Waals surface area contributed by atoms with Crippen molar-refractivity contribution in [3.63, 3.8) is 0 Å². The van der Waals surface area contributed by atoms with Crippen molar-refractivity contribution in [1.29, 1.82) is 0 Å². The molecule has 1 aliphatic heterocycles. The van der Waals surface area contributed by atoms with E-state index in [0.29, 0.717) is 0 Å². The molecular weight excluding hydrogens is 272 g/mol.